The van der Waals surface area contributed by atoms with Gasteiger partial charge in [0.15, 0.2) is 6.17 Å². The molecule has 1 unspecified atom stereocenters. The third kappa shape index (κ3) is 3.25. The first-order valence-corrected chi connectivity index (χ1v) is 11.1. The van der Waals surface area contributed by atoms with Crippen molar-refractivity contribution in [2.75, 3.05) is 0 Å². The molecule has 2 N–H and O–H groups in total. The fourth-order valence-electron chi connectivity index (χ4n) is 5.47. The normalized spacial score (nSPS) is 25.3. The molecule has 34 heavy (non-hydrogen) atoms. The number of rotatable bonds is 4. The molecule has 2 atom stereocenters. The lowest BCUT2D eigenvalue weighted by atomic mass is 9.61. The molecule has 1 aromatic heterocycles. The summed E-state index contributed by atoms with van der Waals surface area (Å²) in [5.74, 6) is -0.823. The Morgan fingerprint density at radius 3 is 2.74 bits per heavy atom. The van der Waals surface area contributed by atoms with E-state index < -0.39 is 35.1 Å². The first-order chi connectivity index (χ1) is 16.2. The number of alkyl halides is 2. The second-order valence-electron chi connectivity index (χ2n) is 9.43. The Bertz CT molecular complexity index is 1280. The van der Waals surface area contributed by atoms with Crippen molar-refractivity contribution in [1.82, 2.24) is 15.6 Å². The van der Waals surface area contributed by atoms with Gasteiger partial charge in [-0.1, -0.05) is 25.1 Å². The number of nitrogens with zero attached hydrogens (tertiary/aromatic N) is 3. The number of azo groups is 1. The SMILES string of the molecule is CC[C@]1(c2cccc(-c3ccncc3F)c2)C2=C(CC(C)(C)NC2=O)NC2N=NC(C(F)F)=C21. The molecule has 0 spiro atoms. The summed E-state index contributed by atoms with van der Waals surface area (Å²) in [5.41, 5.74) is 0.671. The van der Waals surface area contributed by atoms with Crippen molar-refractivity contribution in [3.63, 3.8) is 0 Å². The number of amides is 1. The third-order valence-electron chi connectivity index (χ3n) is 6.80. The summed E-state index contributed by atoms with van der Waals surface area (Å²) < 4.78 is 42.8. The Morgan fingerprint density at radius 1 is 1.24 bits per heavy atom. The Hall–Kier alpha value is -3.49. The molecule has 3 aliphatic heterocycles. The number of hydrogen-bond donors (Lipinski definition) is 2. The highest BCUT2D eigenvalue weighted by Crippen LogP contribution is 2.53. The van der Waals surface area contributed by atoms with Gasteiger partial charge in [-0.15, -0.1) is 0 Å². The van der Waals surface area contributed by atoms with Gasteiger partial charge in [-0.2, -0.15) is 10.2 Å². The van der Waals surface area contributed by atoms with E-state index in [2.05, 4.69) is 25.8 Å². The van der Waals surface area contributed by atoms with Crippen LogP contribution >= 0.6 is 0 Å². The number of pyridine rings is 1. The summed E-state index contributed by atoms with van der Waals surface area (Å²) in [6.07, 6.45) is -0.242. The molecule has 2 aromatic rings. The van der Waals surface area contributed by atoms with E-state index in [-0.39, 0.29) is 11.5 Å². The van der Waals surface area contributed by atoms with Crippen molar-refractivity contribution >= 4 is 5.91 Å². The van der Waals surface area contributed by atoms with Gasteiger partial charge in [0.1, 0.15) is 11.5 Å². The predicted octanol–water partition coefficient (Wildman–Crippen LogP) is 5.00. The van der Waals surface area contributed by atoms with Crippen molar-refractivity contribution < 1.29 is 18.0 Å². The van der Waals surface area contributed by atoms with Gasteiger partial charge in [0.05, 0.1) is 17.2 Å². The summed E-state index contributed by atoms with van der Waals surface area (Å²) in [6.45, 7) is 5.67. The zero-order valence-corrected chi connectivity index (χ0v) is 19.0. The van der Waals surface area contributed by atoms with E-state index in [0.717, 1.165) is 6.20 Å². The molecule has 0 bridgehead atoms. The maximum atomic E-state index is 14.5. The maximum absolute atomic E-state index is 14.5. The van der Waals surface area contributed by atoms with Crippen LogP contribution in [-0.4, -0.2) is 29.0 Å². The molecule has 4 heterocycles. The van der Waals surface area contributed by atoms with Gasteiger partial charge in [-0.3, -0.25) is 9.78 Å². The highest BCUT2D eigenvalue weighted by Gasteiger charge is 2.55. The molecule has 0 saturated carbocycles. The highest BCUT2D eigenvalue weighted by atomic mass is 19.3. The van der Waals surface area contributed by atoms with E-state index in [1.54, 1.807) is 30.3 Å². The van der Waals surface area contributed by atoms with E-state index in [4.69, 9.17) is 0 Å². The number of halogens is 3. The molecule has 0 radical (unpaired) electrons. The summed E-state index contributed by atoms with van der Waals surface area (Å²) in [4.78, 5) is 17.3. The van der Waals surface area contributed by atoms with Crippen molar-refractivity contribution in [2.45, 2.75) is 57.2 Å². The van der Waals surface area contributed by atoms with Gasteiger partial charge in [-0.05, 0) is 43.5 Å². The number of hydrogen-bond acceptors (Lipinski definition) is 5. The number of fused-ring (bicyclic) bond motifs is 1. The summed E-state index contributed by atoms with van der Waals surface area (Å²) >= 11 is 0. The first kappa shape index (κ1) is 22.3. The molecular formula is C25H24F3N5O. The van der Waals surface area contributed by atoms with Crippen LogP contribution in [0, 0.1) is 5.82 Å². The van der Waals surface area contributed by atoms with Gasteiger partial charge in [0.2, 0.25) is 0 Å². The molecule has 3 aliphatic rings. The fraction of sp³-hybridized carbons (Fsp3) is 0.360. The standard InChI is InChI=1S/C25H24F3N5O/c1-4-25(14-7-5-6-13(10-14)15-8-9-29-12-16(15)26)18-17(11-24(2,3)31-23(18)34)30-22-19(25)20(21(27)28)32-33-22/h5-10,12,21-22,30H,4,11H2,1-3H3,(H,31,34)/t22?,25-/m0/s1. The van der Waals surface area contributed by atoms with Crippen LogP contribution in [0.2, 0.25) is 0 Å². The monoisotopic (exact) mass is 467 g/mol. The first-order valence-electron chi connectivity index (χ1n) is 11.1. The van der Waals surface area contributed by atoms with Gasteiger partial charge < -0.3 is 10.6 Å². The van der Waals surface area contributed by atoms with Crippen LogP contribution in [0.1, 0.15) is 39.2 Å². The second kappa shape index (κ2) is 7.78. The highest BCUT2D eigenvalue weighted by molar-refractivity contribution is 6.00. The molecule has 1 amide bonds. The van der Waals surface area contributed by atoms with Crippen molar-refractivity contribution in [2.24, 2.45) is 10.2 Å². The van der Waals surface area contributed by atoms with E-state index in [1.165, 1.54) is 6.20 Å². The molecule has 1 aromatic carbocycles. The lowest BCUT2D eigenvalue weighted by molar-refractivity contribution is -0.120. The minimum absolute atomic E-state index is 0.269. The summed E-state index contributed by atoms with van der Waals surface area (Å²) in [7, 11) is 0. The van der Waals surface area contributed by atoms with Crippen molar-refractivity contribution in [3.05, 3.63) is 76.6 Å². The Labute approximate surface area is 195 Å². The molecule has 9 heteroatoms. The van der Waals surface area contributed by atoms with Crippen LogP contribution in [0.5, 0.6) is 0 Å². The number of carbonyl (C=O) groups excluding carboxylic acids is 1. The molecule has 176 valence electrons. The smallest absolute Gasteiger partial charge is 0.282 e. The van der Waals surface area contributed by atoms with Crippen LogP contribution in [-0.2, 0) is 10.2 Å². The zero-order valence-electron chi connectivity index (χ0n) is 19.0. The fourth-order valence-corrected chi connectivity index (χ4v) is 5.47. The van der Waals surface area contributed by atoms with Crippen LogP contribution in [0.25, 0.3) is 11.1 Å². The van der Waals surface area contributed by atoms with Crippen LogP contribution in [0.3, 0.4) is 0 Å². The molecule has 0 aliphatic carbocycles. The van der Waals surface area contributed by atoms with Crippen molar-refractivity contribution in [1.29, 1.82) is 0 Å². The minimum Gasteiger partial charge on any atom is -0.362 e. The van der Waals surface area contributed by atoms with Gasteiger partial charge in [0, 0.05) is 35.0 Å². The second-order valence-corrected chi connectivity index (χ2v) is 9.43. The molecular weight excluding hydrogens is 443 g/mol. The topological polar surface area (TPSA) is 78.7 Å². The molecule has 5 rings (SSSR count). The van der Waals surface area contributed by atoms with E-state index in [9.17, 15) is 18.0 Å². The lowest BCUT2D eigenvalue weighted by Crippen LogP contribution is -2.58. The average molecular weight is 467 g/mol. The largest absolute Gasteiger partial charge is 0.362 e. The van der Waals surface area contributed by atoms with E-state index in [0.29, 0.717) is 40.8 Å². The Kier molecular flexibility index (Phi) is 5.11. The zero-order chi connectivity index (χ0) is 24.3. The Balaban J connectivity index is 1.81. The van der Waals surface area contributed by atoms with Crippen LogP contribution in [0.4, 0.5) is 13.2 Å². The third-order valence-corrected chi connectivity index (χ3v) is 6.80. The molecule has 0 fully saturated rings. The van der Waals surface area contributed by atoms with E-state index in [1.807, 2.05) is 20.8 Å². The number of aromatic nitrogens is 1. The number of nitrogens with one attached hydrogen (secondary N) is 2. The quantitative estimate of drug-likeness (QED) is 0.664. The number of allylic oxidation sites excluding steroid dienone is 1. The minimum atomic E-state index is -2.86. The lowest BCUT2D eigenvalue weighted by Gasteiger charge is -2.48. The average Bonchev–Trinajstić information content (AvgIpc) is 3.22. The summed E-state index contributed by atoms with van der Waals surface area (Å²) in [6, 6.07) is 8.60. The van der Waals surface area contributed by atoms with Gasteiger partial charge in [0.25, 0.3) is 12.3 Å². The van der Waals surface area contributed by atoms with Gasteiger partial charge >= 0.3 is 0 Å². The van der Waals surface area contributed by atoms with Crippen molar-refractivity contribution in [3.8, 4) is 11.1 Å². The van der Waals surface area contributed by atoms with Crippen LogP contribution < -0.4 is 10.6 Å². The van der Waals surface area contributed by atoms with Crippen LogP contribution in [0.15, 0.2) is 75.5 Å². The molecule has 6 nitrogen and oxygen atoms in total. The number of carbonyl (C=O) groups is 1. The maximum Gasteiger partial charge on any atom is 0.282 e. The molecule has 0 saturated heterocycles. The predicted molar refractivity (Wildman–Crippen MR) is 120 cm³/mol. The number of benzene rings is 1. The van der Waals surface area contributed by atoms with E-state index >= 15 is 0 Å². The van der Waals surface area contributed by atoms with Gasteiger partial charge in [-0.25, -0.2) is 13.2 Å². The summed E-state index contributed by atoms with van der Waals surface area (Å²) in [5, 5.41) is 14.2. The Morgan fingerprint density at radius 2 is 2.03 bits per heavy atom.